The maximum absolute atomic E-state index is 12.4. The first kappa shape index (κ1) is 24.6. The number of benzene rings is 3. The van der Waals surface area contributed by atoms with Crippen LogP contribution in [0.25, 0.3) is 6.08 Å². The minimum absolute atomic E-state index is 0.231. The Morgan fingerprint density at radius 1 is 1.09 bits per heavy atom. The van der Waals surface area contributed by atoms with Crippen LogP contribution in [-0.2, 0) is 11.4 Å². The summed E-state index contributed by atoms with van der Waals surface area (Å²) in [5.74, 6) is -0.506. The molecule has 34 heavy (non-hydrogen) atoms. The van der Waals surface area contributed by atoms with Gasteiger partial charge in [-0.15, -0.1) is 0 Å². The van der Waals surface area contributed by atoms with Crippen LogP contribution in [0.15, 0.2) is 70.6 Å². The molecule has 10 heteroatoms. The minimum atomic E-state index is -0.964. The van der Waals surface area contributed by atoms with Gasteiger partial charge in [-0.2, -0.15) is 0 Å². The van der Waals surface area contributed by atoms with Gasteiger partial charge in [0.1, 0.15) is 12.4 Å². The van der Waals surface area contributed by atoms with E-state index < -0.39 is 5.97 Å². The fourth-order valence-electron chi connectivity index (χ4n) is 2.93. The zero-order valence-electron chi connectivity index (χ0n) is 17.2. The number of aliphatic imine (C=N–C) groups is 1. The molecule has 172 valence electrons. The van der Waals surface area contributed by atoms with E-state index in [0.29, 0.717) is 38.2 Å². The Morgan fingerprint density at radius 2 is 1.85 bits per heavy atom. The highest BCUT2D eigenvalue weighted by Crippen LogP contribution is 2.32. The number of carboxylic acids is 1. The van der Waals surface area contributed by atoms with Crippen LogP contribution >= 0.6 is 57.6 Å². The van der Waals surface area contributed by atoms with Crippen LogP contribution in [0.5, 0.6) is 5.75 Å². The zero-order valence-corrected chi connectivity index (χ0v) is 21.7. The number of hydrogen-bond donors (Lipinski definition) is 2. The summed E-state index contributed by atoms with van der Waals surface area (Å²) in [6.45, 7) is 0.309. The quantitative estimate of drug-likeness (QED) is 0.234. The Hall–Kier alpha value is -2.53. The van der Waals surface area contributed by atoms with Crippen LogP contribution in [0.4, 0.5) is 5.69 Å². The highest BCUT2D eigenvalue weighted by molar-refractivity contribution is 14.1. The van der Waals surface area contributed by atoms with Crippen LogP contribution in [-0.4, -0.2) is 22.2 Å². The average Bonchev–Trinajstić information content (AvgIpc) is 3.14. The molecule has 6 nitrogen and oxygen atoms in total. The van der Waals surface area contributed by atoms with Crippen molar-refractivity contribution in [3.8, 4) is 5.75 Å². The van der Waals surface area contributed by atoms with Gasteiger partial charge in [0, 0.05) is 0 Å². The van der Waals surface area contributed by atoms with Crippen LogP contribution < -0.4 is 10.1 Å². The van der Waals surface area contributed by atoms with Gasteiger partial charge in [0.25, 0.3) is 5.91 Å². The molecule has 1 aliphatic heterocycles. The fourth-order valence-corrected chi connectivity index (χ4v) is 4.76. The van der Waals surface area contributed by atoms with E-state index in [0.717, 1.165) is 14.7 Å². The van der Waals surface area contributed by atoms with Crippen LogP contribution in [0.2, 0.25) is 10.0 Å². The van der Waals surface area contributed by atoms with Crippen molar-refractivity contribution in [2.45, 2.75) is 6.61 Å². The number of carbonyl (C=O) groups is 2. The molecule has 0 spiro atoms. The highest BCUT2D eigenvalue weighted by Gasteiger charge is 2.24. The monoisotopic (exact) mass is 624 g/mol. The second kappa shape index (κ2) is 10.8. The van der Waals surface area contributed by atoms with E-state index in [9.17, 15) is 9.59 Å². The number of thioether (sulfide) groups is 1. The third-order valence-corrected chi connectivity index (χ3v) is 7.13. The molecular formula is C24H15Cl2IN2O4S. The lowest BCUT2D eigenvalue weighted by Gasteiger charge is -2.09. The third-order valence-electron chi connectivity index (χ3n) is 4.63. The molecule has 3 aromatic rings. The molecule has 0 aliphatic carbocycles. The number of amides is 1. The molecule has 4 rings (SSSR count). The van der Waals surface area contributed by atoms with E-state index in [2.05, 4.69) is 32.9 Å². The third kappa shape index (κ3) is 6.12. The lowest BCUT2D eigenvalue weighted by molar-refractivity contribution is -0.115. The number of hydrogen-bond acceptors (Lipinski definition) is 5. The predicted octanol–water partition coefficient (Wildman–Crippen LogP) is 6.77. The summed E-state index contributed by atoms with van der Waals surface area (Å²) < 4.78 is 6.75. The Balaban J connectivity index is 1.43. The summed E-state index contributed by atoms with van der Waals surface area (Å²) in [6, 6.07) is 17.2. The second-order valence-electron chi connectivity index (χ2n) is 7.06. The normalized spacial score (nSPS) is 15.6. The van der Waals surface area contributed by atoms with Gasteiger partial charge in [0.15, 0.2) is 5.17 Å². The molecule has 0 unspecified atom stereocenters. The maximum Gasteiger partial charge on any atom is 0.335 e. The molecule has 0 aromatic heterocycles. The highest BCUT2D eigenvalue weighted by atomic mass is 127. The van der Waals surface area contributed by atoms with Gasteiger partial charge in [-0.1, -0.05) is 41.4 Å². The number of rotatable bonds is 6. The van der Waals surface area contributed by atoms with E-state index >= 15 is 0 Å². The number of nitrogens with zero attached hydrogens (tertiary/aromatic N) is 1. The Bertz CT molecular complexity index is 1340. The van der Waals surface area contributed by atoms with Gasteiger partial charge < -0.3 is 15.2 Å². The van der Waals surface area contributed by atoms with E-state index in [-0.39, 0.29) is 11.5 Å². The molecule has 0 radical (unpaired) electrons. The number of carbonyl (C=O) groups excluding carboxylic acids is 1. The van der Waals surface area contributed by atoms with Crippen molar-refractivity contribution in [1.29, 1.82) is 0 Å². The molecule has 1 saturated heterocycles. The van der Waals surface area contributed by atoms with Gasteiger partial charge in [-0.3, -0.25) is 4.79 Å². The van der Waals surface area contributed by atoms with Crippen molar-refractivity contribution in [3.63, 3.8) is 0 Å². The fraction of sp³-hybridized carbons (Fsp3) is 0.0417. The molecule has 0 atom stereocenters. The van der Waals surface area contributed by atoms with E-state index in [1.54, 1.807) is 48.5 Å². The number of aromatic carboxylic acids is 1. The minimum Gasteiger partial charge on any atom is -0.488 e. The predicted molar refractivity (Wildman–Crippen MR) is 144 cm³/mol. The smallest absolute Gasteiger partial charge is 0.335 e. The number of carboxylic acid groups (broad SMARTS) is 1. The van der Waals surface area contributed by atoms with Crippen LogP contribution in [0, 0.1) is 3.57 Å². The summed E-state index contributed by atoms with van der Waals surface area (Å²) in [5.41, 5.74) is 2.53. The maximum atomic E-state index is 12.4. The average molecular weight is 625 g/mol. The number of halogens is 3. The van der Waals surface area contributed by atoms with Gasteiger partial charge in [-0.05, 0) is 94.0 Å². The molecule has 1 aliphatic rings. The van der Waals surface area contributed by atoms with Crippen LogP contribution in [0.1, 0.15) is 21.5 Å². The van der Waals surface area contributed by atoms with Gasteiger partial charge >= 0.3 is 5.97 Å². The molecule has 2 N–H and O–H groups in total. The van der Waals surface area contributed by atoms with Crippen molar-refractivity contribution in [2.75, 3.05) is 0 Å². The summed E-state index contributed by atoms with van der Waals surface area (Å²) >= 11 is 15.4. The molecular weight excluding hydrogens is 610 g/mol. The Kier molecular flexibility index (Phi) is 7.82. The van der Waals surface area contributed by atoms with Crippen molar-refractivity contribution in [3.05, 3.63) is 95.9 Å². The Morgan fingerprint density at radius 3 is 2.53 bits per heavy atom. The van der Waals surface area contributed by atoms with Crippen LogP contribution in [0.3, 0.4) is 0 Å². The van der Waals surface area contributed by atoms with Crippen molar-refractivity contribution >= 4 is 86.4 Å². The molecule has 1 heterocycles. The lowest BCUT2D eigenvalue weighted by atomic mass is 10.1. The van der Waals surface area contributed by atoms with Gasteiger partial charge in [-0.25, -0.2) is 9.79 Å². The van der Waals surface area contributed by atoms with Crippen molar-refractivity contribution in [1.82, 2.24) is 5.32 Å². The Labute approximate surface area is 223 Å². The van der Waals surface area contributed by atoms with Crippen molar-refractivity contribution < 1.29 is 19.4 Å². The summed E-state index contributed by atoms with van der Waals surface area (Å²) in [4.78, 5) is 28.3. The summed E-state index contributed by atoms with van der Waals surface area (Å²) in [5, 5.41) is 13.0. The molecule has 1 fully saturated rings. The molecule has 0 saturated carbocycles. The molecule has 3 aromatic carbocycles. The van der Waals surface area contributed by atoms with E-state index in [4.69, 9.17) is 33.0 Å². The molecule has 1 amide bonds. The second-order valence-corrected chi connectivity index (χ2v) is 10.1. The molecule has 0 bridgehead atoms. The first-order chi connectivity index (χ1) is 16.3. The van der Waals surface area contributed by atoms with E-state index in [1.807, 2.05) is 18.2 Å². The van der Waals surface area contributed by atoms with Gasteiger partial charge in [0.2, 0.25) is 0 Å². The standard InChI is InChI=1S/C24H15Cl2IN2O4S/c25-17-7-6-16(11-18(17)26)28-24-29-22(30)21(34-24)10-14-3-8-20(19(27)9-14)33-12-13-1-4-15(5-2-13)23(31)32/h1-11H,12H2,(H,31,32)(H,28,29,30)/b21-10-. The SMILES string of the molecule is O=C1NC(=Nc2ccc(Cl)c(Cl)c2)S/C1=C\c1ccc(OCc2ccc(C(=O)O)cc2)c(I)c1. The van der Waals surface area contributed by atoms with E-state index in [1.165, 1.54) is 11.8 Å². The van der Waals surface area contributed by atoms with Gasteiger partial charge in [0.05, 0.1) is 29.8 Å². The lowest BCUT2D eigenvalue weighted by Crippen LogP contribution is -2.19. The topological polar surface area (TPSA) is 88.0 Å². The zero-order chi connectivity index (χ0) is 24.2. The first-order valence-electron chi connectivity index (χ1n) is 9.78. The number of amidine groups is 1. The first-order valence-corrected chi connectivity index (χ1v) is 12.4. The largest absolute Gasteiger partial charge is 0.488 e. The number of nitrogens with one attached hydrogen (secondary N) is 1. The summed E-state index contributed by atoms with van der Waals surface area (Å²) in [7, 11) is 0. The summed E-state index contributed by atoms with van der Waals surface area (Å²) in [6.07, 6.45) is 1.79. The number of ether oxygens (including phenoxy) is 1. The van der Waals surface area contributed by atoms with Crippen molar-refractivity contribution in [2.24, 2.45) is 4.99 Å².